The highest BCUT2D eigenvalue weighted by molar-refractivity contribution is 5.90. The molecule has 0 bridgehead atoms. The first kappa shape index (κ1) is 11.6. The van der Waals surface area contributed by atoms with Crippen LogP contribution >= 0.6 is 0 Å². The minimum Gasteiger partial charge on any atom is -0.333 e. The Bertz CT molecular complexity index is 395. The number of rotatable bonds is 4. The molecule has 1 aromatic rings. The van der Waals surface area contributed by atoms with Crippen molar-refractivity contribution in [2.24, 2.45) is 5.92 Å². The topological polar surface area (TPSA) is 73.9 Å². The van der Waals surface area contributed by atoms with E-state index in [0.717, 1.165) is 32.5 Å². The zero-order chi connectivity index (χ0) is 12.4. The second-order valence-corrected chi connectivity index (χ2v) is 5.24. The predicted octanol–water partition coefficient (Wildman–Crippen LogP) is 0.409. The van der Waals surface area contributed by atoms with Crippen molar-refractivity contribution in [2.45, 2.75) is 31.7 Å². The van der Waals surface area contributed by atoms with E-state index in [4.69, 9.17) is 0 Å². The molecule has 2 fully saturated rings. The van der Waals surface area contributed by atoms with E-state index in [2.05, 4.69) is 20.5 Å². The van der Waals surface area contributed by atoms with Gasteiger partial charge in [0.25, 0.3) is 5.91 Å². The van der Waals surface area contributed by atoms with Gasteiger partial charge in [0.1, 0.15) is 6.33 Å². The van der Waals surface area contributed by atoms with Gasteiger partial charge in [0.2, 0.25) is 5.82 Å². The van der Waals surface area contributed by atoms with Gasteiger partial charge < -0.3 is 10.2 Å². The van der Waals surface area contributed by atoms with E-state index >= 15 is 0 Å². The first-order valence-corrected chi connectivity index (χ1v) is 6.71. The maximum absolute atomic E-state index is 12.3. The molecule has 98 valence electrons. The third kappa shape index (κ3) is 2.53. The summed E-state index contributed by atoms with van der Waals surface area (Å²) in [5, 5.41) is 9.83. The number of carbonyl (C=O) groups is 1. The Morgan fingerprint density at radius 3 is 2.94 bits per heavy atom. The van der Waals surface area contributed by atoms with Crippen LogP contribution in [0.15, 0.2) is 6.33 Å². The van der Waals surface area contributed by atoms with Crippen LogP contribution in [0.1, 0.15) is 36.3 Å². The molecule has 2 heterocycles. The maximum atomic E-state index is 12.3. The number of nitrogens with zero attached hydrogens (tertiary/aromatic N) is 3. The Morgan fingerprint density at radius 2 is 2.33 bits per heavy atom. The molecule has 6 heteroatoms. The van der Waals surface area contributed by atoms with Crippen molar-refractivity contribution >= 4 is 5.91 Å². The van der Waals surface area contributed by atoms with Crippen LogP contribution in [0.4, 0.5) is 0 Å². The molecule has 1 amide bonds. The van der Waals surface area contributed by atoms with Crippen molar-refractivity contribution in [3.8, 4) is 0 Å². The van der Waals surface area contributed by atoms with Crippen LogP contribution in [-0.4, -0.2) is 51.7 Å². The van der Waals surface area contributed by atoms with Crippen LogP contribution in [0.5, 0.6) is 0 Å². The number of H-pyrrole nitrogens is 1. The summed E-state index contributed by atoms with van der Waals surface area (Å²) in [4.78, 5) is 18.3. The fraction of sp³-hybridized carbons (Fsp3) is 0.750. The van der Waals surface area contributed by atoms with Gasteiger partial charge in [-0.2, -0.15) is 5.10 Å². The van der Waals surface area contributed by atoms with Crippen molar-refractivity contribution in [2.75, 3.05) is 19.6 Å². The van der Waals surface area contributed by atoms with Gasteiger partial charge in [0.05, 0.1) is 0 Å². The maximum Gasteiger partial charge on any atom is 0.291 e. The number of carbonyl (C=O) groups excluding carboxylic acids is 1. The van der Waals surface area contributed by atoms with Crippen LogP contribution in [0.2, 0.25) is 0 Å². The van der Waals surface area contributed by atoms with Crippen molar-refractivity contribution in [1.29, 1.82) is 0 Å². The average Bonchev–Trinajstić information content (AvgIpc) is 3.10. The largest absolute Gasteiger partial charge is 0.333 e. The van der Waals surface area contributed by atoms with Crippen molar-refractivity contribution in [3.63, 3.8) is 0 Å². The molecule has 1 atom stereocenters. The molecule has 1 unspecified atom stereocenters. The first-order chi connectivity index (χ1) is 8.84. The highest BCUT2D eigenvalue weighted by atomic mass is 16.2. The molecule has 2 aliphatic rings. The second-order valence-electron chi connectivity index (χ2n) is 5.24. The molecule has 0 radical (unpaired) electrons. The smallest absolute Gasteiger partial charge is 0.291 e. The normalized spacial score (nSPS) is 23.9. The van der Waals surface area contributed by atoms with Gasteiger partial charge in [-0.15, -0.1) is 0 Å². The molecule has 2 N–H and O–H groups in total. The Labute approximate surface area is 106 Å². The number of hydrogen-bond acceptors (Lipinski definition) is 4. The molecule has 0 aromatic carbocycles. The van der Waals surface area contributed by atoms with E-state index < -0.39 is 0 Å². The monoisotopic (exact) mass is 249 g/mol. The molecule has 3 rings (SSSR count). The predicted molar refractivity (Wildman–Crippen MR) is 66.0 cm³/mol. The molecule has 1 aliphatic carbocycles. The van der Waals surface area contributed by atoms with E-state index in [1.165, 1.54) is 19.2 Å². The van der Waals surface area contributed by atoms with E-state index in [0.29, 0.717) is 17.8 Å². The third-order valence-electron chi connectivity index (χ3n) is 3.72. The minimum atomic E-state index is 0.000531. The Morgan fingerprint density at radius 1 is 1.44 bits per heavy atom. The van der Waals surface area contributed by atoms with Crippen LogP contribution in [-0.2, 0) is 0 Å². The Kier molecular flexibility index (Phi) is 3.27. The van der Waals surface area contributed by atoms with E-state index in [1.54, 1.807) is 0 Å². The van der Waals surface area contributed by atoms with E-state index in [-0.39, 0.29) is 5.91 Å². The number of hydrogen-bond donors (Lipinski definition) is 2. The standard InChI is InChI=1S/C12H19N5O/c18-12(11-14-8-15-16-11)17(10-3-4-10)7-9-2-1-5-13-6-9/h8-10,13H,1-7H2,(H,14,15,16). The van der Waals surface area contributed by atoms with Gasteiger partial charge in [0, 0.05) is 12.6 Å². The zero-order valence-electron chi connectivity index (χ0n) is 10.4. The number of amides is 1. The van der Waals surface area contributed by atoms with Crippen molar-refractivity contribution < 1.29 is 4.79 Å². The molecule has 1 saturated heterocycles. The van der Waals surface area contributed by atoms with Crippen molar-refractivity contribution in [3.05, 3.63) is 12.2 Å². The zero-order valence-corrected chi connectivity index (χ0v) is 10.4. The lowest BCUT2D eigenvalue weighted by molar-refractivity contribution is 0.0692. The summed E-state index contributed by atoms with van der Waals surface area (Å²) in [6.07, 6.45) is 6.06. The fourth-order valence-electron chi connectivity index (χ4n) is 2.59. The molecule has 0 spiro atoms. The van der Waals surface area contributed by atoms with E-state index in [1.807, 2.05) is 4.90 Å². The lowest BCUT2D eigenvalue weighted by Gasteiger charge is -2.29. The molecular formula is C12H19N5O. The average molecular weight is 249 g/mol. The number of aromatic amines is 1. The SMILES string of the molecule is O=C(c1ncn[nH]1)N(CC1CCCNC1)C1CC1. The molecule has 1 aliphatic heterocycles. The van der Waals surface area contributed by atoms with Crippen LogP contribution in [0.3, 0.4) is 0 Å². The summed E-state index contributed by atoms with van der Waals surface area (Å²) in [6, 6.07) is 0.421. The summed E-state index contributed by atoms with van der Waals surface area (Å²) in [7, 11) is 0. The Balaban J connectivity index is 1.66. The van der Waals surface area contributed by atoms with Gasteiger partial charge in [-0.3, -0.25) is 9.89 Å². The van der Waals surface area contributed by atoms with Crippen LogP contribution in [0, 0.1) is 5.92 Å². The molecule has 18 heavy (non-hydrogen) atoms. The lowest BCUT2D eigenvalue weighted by atomic mass is 9.99. The van der Waals surface area contributed by atoms with Gasteiger partial charge in [0.15, 0.2) is 0 Å². The number of aromatic nitrogens is 3. The fourth-order valence-corrected chi connectivity index (χ4v) is 2.59. The minimum absolute atomic E-state index is 0.000531. The second kappa shape index (κ2) is 5.06. The highest BCUT2D eigenvalue weighted by Crippen LogP contribution is 2.29. The molecule has 1 aromatic heterocycles. The quantitative estimate of drug-likeness (QED) is 0.810. The summed E-state index contributed by atoms with van der Waals surface area (Å²) >= 11 is 0. The molecular weight excluding hydrogens is 230 g/mol. The van der Waals surface area contributed by atoms with Gasteiger partial charge >= 0.3 is 0 Å². The summed E-state index contributed by atoms with van der Waals surface area (Å²) < 4.78 is 0. The van der Waals surface area contributed by atoms with Gasteiger partial charge in [-0.05, 0) is 44.7 Å². The number of nitrogens with one attached hydrogen (secondary N) is 2. The van der Waals surface area contributed by atoms with Gasteiger partial charge in [-0.25, -0.2) is 4.98 Å². The summed E-state index contributed by atoms with van der Waals surface area (Å²) in [5.74, 6) is 0.942. The lowest BCUT2D eigenvalue weighted by Crippen LogP contribution is -2.42. The number of piperidine rings is 1. The Hall–Kier alpha value is -1.43. The van der Waals surface area contributed by atoms with Crippen LogP contribution < -0.4 is 5.32 Å². The molecule has 1 saturated carbocycles. The van der Waals surface area contributed by atoms with E-state index in [9.17, 15) is 4.79 Å². The first-order valence-electron chi connectivity index (χ1n) is 6.71. The van der Waals surface area contributed by atoms with Crippen LogP contribution in [0.25, 0.3) is 0 Å². The molecule has 6 nitrogen and oxygen atoms in total. The third-order valence-corrected chi connectivity index (χ3v) is 3.72. The van der Waals surface area contributed by atoms with Gasteiger partial charge in [-0.1, -0.05) is 0 Å². The summed E-state index contributed by atoms with van der Waals surface area (Å²) in [6.45, 7) is 2.97. The van der Waals surface area contributed by atoms with Crippen molar-refractivity contribution in [1.82, 2.24) is 25.4 Å². The summed E-state index contributed by atoms with van der Waals surface area (Å²) in [5.41, 5.74) is 0. The highest BCUT2D eigenvalue weighted by Gasteiger charge is 2.35.